The average molecular weight is 903 g/mol. The highest BCUT2D eigenvalue weighted by molar-refractivity contribution is 6.03. The van der Waals surface area contributed by atoms with E-state index in [0.29, 0.717) is 34.1 Å². The fourth-order valence-electron chi connectivity index (χ4n) is 9.57. The monoisotopic (exact) mass is 902 g/mol. The number of benzene rings is 6. The molecule has 344 valence electrons. The topological polar surface area (TPSA) is 145 Å². The van der Waals surface area contributed by atoms with Gasteiger partial charge in [0, 0.05) is 6.42 Å². The SMILES string of the molecule is C=C1[C@@H]([N+]2([O-])C=C(C)C(=O)NC2=O)C[C@H](OC(c2ccccc2)(c2ccc(OC)cc2)c2ccc(OC)cc2)[C@@]1(CO)COC(c1ccccc1)(c1ccc(OC)cc1)c1ccc(OC)cc1. The molecule has 0 bridgehead atoms. The van der Waals surface area contributed by atoms with Crippen LogP contribution in [-0.2, 0) is 25.5 Å². The van der Waals surface area contributed by atoms with Crippen LogP contribution < -0.4 is 24.3 Å². The van der Waals surface area contributed by atoms with Gasteiger partial charge in [-0.3, -0.25) is 4.79 Å². The number of aliphatic hydroxyl groups excluding tert-OH is 1. The Hall–Kier alpha value is -7.06. The maximum Gasteiger partial charge on any atom is 0.428 e. The summed E-state index contributed by atoms with van der Waals surface area (Å²) in [5, 5.41) is 29.8. The number of carbonyl (C=O) groups excluding carboxylic acids is 2. The van der Waals surface area contributed by atoms with Crippen LogP contribution in [0.1, 0.15) is 46.7 Å². The minimum Gasteiger partial charge on any atom is -0.618 e. The number of amides is 3. The molecular formula is C55H54N2O10. The number of rotatable bonds is 17. The number of urea groups is 1. The molecule has 1 saturated carbocycles. The van der Waals surface area contributed by atoms with Crippen LogP contribution in [0.2, 0.25) is 0 Å². The van der Waals surface area contributed by atoms with E-state index in [-0.39, 0.29) is 24.2 Å². The van der Waals surface area contributed by atoms with Gasteiger partial charge in [-0.25, -0.2) is 14.8 Å². The first-order valence-electron chi connectivity index (χ1n) is 21.9. The Kier molecular flexibility index (Phi) is 13.2. The first-order valence-corrected chi connectivity index (χ1v) is 21.9. The molecule has 1 aliphatic heterocycles. The second-order valence-corrected chi connectivity index (χ2v) is 16.8. The van der Waals surface area contributed by atoms with Crippen LogP contribution in [0.5, 0.6) is 23.0 Å². The maximum atomic E-state index is 15.3. The molecule has 0 aromatic heterocycles. The summed E-state index contributed by atoms with van der Waals surface area (Å²) in [5.41, 5.74) is 0.198. The van der Waals surface area contributed by atoms with Gasteiger partial charge in [0.05, 0.1) is 58.7 Å². The predicted octanol–water partition coefficient (Wildman–Crippen LogP) is 9.18. The van der Waals surface area contributed by atoms with Crippen molar-refractivity contribution in [1.82, 2.24) is 5.32 Å². The molecule has 0 saturated heterocycles. The van der Waals surface area contributed by atoms with Crippen LogP contribution in [0.4, 0.5) is 4.79 Å². The molecule has 0 radical (unpaired) electrons. The lowest BCUT2D eigenvalue weighted by Gasteiger charge is -2.45. The Morgan fingerprint density at radius 1 is 0.627 bits per heavy atom. The normalized spacial score (nSPS) is 20.8. The summed E-state index contributed by atoms with van der Waals surface area (Å²) < 4.78 is 36.1. The molecule has 6 aromatic rings. The number of imide groups is 1. The fraction of sp³-hybridized carbons (Fsp3) is 0.236. The number of carbonyl (C=O) groups is 2. The molecule has 0 spiro atoms. The zero-order valence-corrected chi connectivity index (χ0v) is 38.1. The maximum absolute atomic E-state index is 15.3. The van der Waals surface area contributed by atoms with Crippen molar-refractivity contribution in [2.45, 2.75) is 36.7 Å². The Balaban J connectivity index is 1.38. The number of methoxy groups -OCH3 is 4. The van der Waals surface area contributed by atoms with Gasteiger partial charge in [0.1, 0.15) is 46.4 Å². The summed E-state index contributed by atoms with van der Waals surface area (Å²) in [4.78, 5) is 26.7. The molecule has 12 nitrogen and oxygen atoms in total. The number of ether oxygens (including phenoxy) is 6. The van der Waals surface area contributed by atoms with E-state index >= 15 is 5.21 Å². The number of nitrogens with zero attached hydrogens (tertiary/aromatic N) is 1. The molecule has 1 fully saturated rings. The third-order valence-corrected chi connectivity index (χ3v) is 13.3. The van der Waals surface area contributed by atoms with E-state index < -0.39 is 52.0 Å². The summed E-state index contributed by atoms with van der Waals surface area (Å²) in [6, 6.07) is 47.2. The van der Waals surface area contributed by atoms with E-state index in [1.54, 1.807) is 28.4 Å². The lowest BCUT2D eigenvalue weighted by molar-refractivity contribution is -0.768. The van der Waals surface area contributed by atoms with Crippen LogP contribution in [-0.4, -0.2) is 75.5 Å². The molecule has 6 aromatic carbocycles. The number of hydroxylamine groups is 3. The van der Waals surface area contributed by atoms with E-state index in [1.165, 1.54) is 6.92 Å². The van der Waals surface area contributed by atoms with Crippen LogP contribution in [0.15, 0.2) is 182 Å². The van der Waals surface area contributed by atoms with Gasteiger partial charge in [0.2, 0.25) is 0 Å². The number of hydrogen-bond donors (Lipinski definition) is 2. The van der Waals surface area contributed by atoms with Crippen molar-refractivity contribution in [3.8, 4) is 23.0 Å². The largest absolute Gasteiger partial charge is 0.618 e. The lowest BCUT2D eigenvalue weighted by atomic mass is 9.76. The van der Waals surface area contributed by atoms with Crippen LogP contribution in [0, 0.1) is 10.6 Å². The number of aliphatic hydroxyl groups is 1. The van der Waals surface area contributed by atoms with Crippen molar-refractivity contribution in [2.75, 3.05) is 41.7 Å². The van der Waals surface area contributed by atoms with Crippen molar-refractivity contribution in [1.29, 1.82) is 0 Å². The van der Waals surface area contributed by atoms with E-state index in [1.807, 2.05) is 158 Å². The van der Waals surface area contributed by atoms with E-state index in [9.17, 15) is 14.7 Å². The first kappa shape index (κ1) is 46.5. The summed E-state index contributed by atoms with van der Waals surface area (Å²) in [6.07, 6.45) is -0.104. The number of hydrogen-bond acceptors (Lipinski definition) is 10. The Bertz CT molecular complexity index is 2630. The quantitative estimate of drug-likeness (QED) is 0.0394. The van der Waals surface area contributed by atoms with Gasteiger partial charge in [-0.1, -0.05) is 116 Å². The van der Waals surface area contributed by atoms with Gasteiger partial charge in [0.15, 0.2) is 0 Å². The molecule has 67 heavy (non-hydrogen) atoms. The third kappa shape index (κ3) is 8.17. The van der Waals surface area contributed by atoms with Gasteiger partial charge in [0.25, 0.3) is 5.91 Å². The number of nitrogens with one attached hydrogen (secondary N) is 1. The molecule has 4 atom stereocenters. The van der Waals surface area contributed by atoms with Crippen molar-refractivity contribution in [3.05, 3.63) is 220 Å². The minimum atomic E-state index is -1.60. The molecule has 8 rings (SSSR count). The van der Waals surface area contributed by atoms with Gasteiger partial charge in [-0.2, -0.15) is 0 Å². The zero-order valence-electron chi connectivity index (χ0n) is 38.1. The van der Waals surface area contributed by atoms with E-state index in [0.717, 1.165) is 28.5 Å². The average Bonchev–Trinajstić information content (AvgIpc) is 3.66. The summed E-state index contributed by atoms with van der Waals surface area (Å²) >= 11 is 0. The van der Waals surface area contributed by atoms with Crippen LogP contribution >= 0.6 is 0 Å². The standard InChI is InChI=1S/C55H54N2O10/c1-37-34-57(61,52(60)56-51(37)59)49-33-50(67-55(40-15-11-8-12-16-40,43-21-29-47(64-5)30-22-43)44-23-31-48(65-6)32-24-44)53(35-58,38(49)2)36-66-54(39-13-9-7-10-14-39,41-17-25-45(62-3)26-18-41)42-19-27-46(63-4)28-20-42/h7-32,34,49-50,58H,2,33,35-36H2,1,3-6H3,(H,56,59,60)/t49-,50-,53-,57?/m0/s1. The predicted molar refractivity (Wildman–Crippen MR) is 253 cm³/mol. The van der Waals surface area contributed by atoms with Crippen LogP contribution in [0.3, 0.4) is 0 Å². The Labute approximate surface area is 390 Å². The molecule has 3 amide bonds. The highest BCUT2D eigenvalue weighted by atomic mass is 16.6. The highest BCUT2D eigenvalue weighted by Gasteiger charge is 2.61. The molecule has 2 aliphatic rings. The Morgan fingerprint density at radius 2 is 1.00 bits per heavy atom. The molecule has 1 unspecified atom stereocenters. The second-order valence-electron chi connectivity index (χ2n) is 16.8. The van der Waals surface area contributed by atoms with E-state index in [4.69, 9.17) is 28.4 Å². The van der Waals surface area contributed by atoms with Crippen molar-refractivity contribution < 1.29 is 47.8 Å². The summed E-state index contributed by atoms with van der Waals surface area (Å²) in [5.74, 6) is 1.83. The molecule has 2 N–H and O–H groups in total. The fourth-order valence-corrected chi connectivity index (χ4v) is 9.57. The second kappa shape index (κ2) is 19.0. The lowest BCUT2D eigenvalue weighted by Crippen LogP contribution is -2.60. The van der Waals surface area contributed by atoms with Crippen molar-refractivity contribution in [2.24, 2.45) is 5.41 Å². The summed E-state index contributed by atoms with van der Waals surface area (Å²) in [6.45, 7) is 5.15. The third-order valence-electron chi connectivity index (χ3n) is 13.3. The minimum absolute atomic E-state index is 0.0646. The Morgan fingerprint density at radius 3 is 1.39 bits per heavy atom. The first-order chi connectivity index (χ1) is 32.4. The van der Waals surface area contributed by atoms with Gasteiger partial charge in [-0.05, 0) is 94.4 Å². The molecule has 12 heteroatoms. The van der Waals surface area contributed by atoms with Crippen molar-refractivity contribution >= 4 is 11.9 Å². The van der Waals surface area contributed by atoms with E-state index in [2.05, 4.69) is 11.9 Å². The van der Waals surface area contributed by atoms with Crippen molar-refractivity contribution in [3.63, 3.8) is 0 Å². The van der Waals surface area contributed by atoms with Crippen LogP contribution in [0.25, 0.3) is 0 Å². The smallest absolute Gasteiger partial charge is 0.428 e. The van der Waals surface area contributed by atoms with Gasteiger partial charge < -0.3 is 38.7 Å². The van der Waals surface area contributed by atoms with Gasteiger partial charge >= 0.3 is 6.03 Å². The molecule has 1 heterocycles. The highest BCUT2D eigenvalue weighted by Crippen LogP contribution is 2.55. The number of quaternary nitrogens is 1. The molecular weight excluding hydrogens is 849 g/mol. The molecule has 1 aliphatic carbocycles. The zero-order chi connectivity index (χ0) is 47.4. The van der Waals surface area contributed by atoms with Gasteiger partial charge in [-0.15, -0.1) is 0 Å². The summed E-state index contributed by atoms with van der Waals surface area (Å²) in [7, 11) is 6.38.